The second-order valence-corrected chi connectivity index (χ2v) is 6.32. The van der Waals surface area contributed by atoms with Crippen LogP contribution < -0.4 is 0 Å². The molecule has 1 saturated heterocycles. The molecule has 2 heterocycles. The van der Waals surface area contributed by atoms with Crippen LogP contribution in [0.4, 0.5) is 0 Å². The van der Waals surface area contributed by atoms with Gasteiger partial charge in [-0.15, -0.1) is 22.9 Å². The molecule has 3 nitrogen and oxygen atoms in total. The molecule has 2 rings (SSSR count). The molecule has 1 aliphatic heterocycles. The summed E-state index contributed by atoms with van der Waals surface area (Å²) in [4.78, 5) is 18.6. The number of rotatable bonds is 3. The number of aromatic nitrogens is 1. The van der Waals surface area contributed by atoms with E-state index in [4.69, 9.17) is 11.6 Å². The van der Waals surface area contributed by atoms with Gasteiger partial charge in [0.15, 0.2) is 0 Å². The fourth-order valence-corrected chi connectivity index (χ4v) is 3.51. The van der Waals surface area contributed by atoms with Crippen molar-refractivity contribution in [2.75, 3.05) is 6.54 Å². The monoisotopic (exact) mass is 286 g/mol. The maximum Gasteiger partial charge on any atom is 0.229 e. The van der Waals surface area contributed by atoms with Crippen molar-refractivity contribution in [3.63, 3.8) is 0 Å². The van der Waals surface area contributed by atoms with E-state index in [9.17, 15) is 4.79 Å². The number of hydrogen-bond acceptors (Lipinski definition) is 3. The van der Waals surface area contributed by atoms with Gasteiger partial charge in [0.1, 0.15) is 5.01 Å². The Morgan fingerprint density at radius 2 is 2.39 bits per heavy atom. The quantitative estimate of drug-likeness (QED) is 0.800. The number of nitrogens with zero attached hydrogens (tertiary/aromatic N) is 2. The standard InChI is InChI=1S/C13H19ClN2OS/c1-9-3-4-16(10(2)5-9)13(17)6-12-15-11(7-14)8-18-12/h8-10H,3-7H2,1-2H3. The molecular weight excluding hydrogens is 268 g/mol. The SMILES string of the molecule is CC1CCN(C(=O)Cc2nc(CCl)cs2)C(C)C1. The first-order chi connectivity index (χ1) is 8.60. The number of piperidine rings is 1. The zero-order valence-corrected chi connectivity index (χ0v) is 12.4. The van der Waals surface area contributed by atoms with E-state index >= 15 is 0 Å². The molecule has 0 spiro atoms. The molecule has 1 aliphatic rings. The van der Waals surface area contributed by atoms with E-state index in [0.717, 1.165) is 36.0 Å². The largest absolute Gasteiger partial charge is 0.340 e. The van der Waals surface area contributed by atoms with Crippen LogP contribution in [-0.4, -0.2) is 28.4 Å². The Balaban J connectivity index is 1.95. The highest BCUT2D eigenvalue weighted by Gasteiger charge is 2.26. The molecule has 2 unspecified atom stereocenters. The molecule has 1 aromatic rings. The van der Waals surface area contributed by atoms with Gasteiger partial charge in [-0.05, 0) is 25.7 Å². The van der Waals surface area contributed by atoms with Crippen molar-refractivity contribution in [1.29, 1.82) is 0 Å². The highest BCUT2D eigenvalue weighted by Crippen LogP contribution is 2.23. The predicted molar refractivity (Wildman–Crippen MR) is 74.9 cm³/mol. The van der Waals surface area contributed by atoms with E-state index in [2.05, 4.69) is 18.8 Å². The van der Waals surface area contributed by atoms with Gasteiger partial charge in [-0.25, -0.2) is 4.98 Å². The zero-order chi connectivity index (χ0) is 13.1. The van der Waals surface area contributed by atoms with Gasteiger partial charge in [0.25, 0.3) is 0 Å². The number of amides is 1. The lowest BCUT2D eigenvalue weighted by Gasteiger charge is -2.36. The van der Waals surface area contributed by atoms with Crippen LogP contribution in [0.15, 0.2) is 5.38 Å². The van der Waals surface area contributed by atoms with Crippen LogP contribution >= 0.6 is 22.9 Å². The molecule has 18 heavy (non-hydrogen) atoms. The normalized spacial score (nSPS) is 24.3. The van der Waals surface area contributed by atoms with Crippen LogP contribution in [0.25, 0.3) is 0 Å². The minimum absolute atomic E-state index is 0.199. The van der Waals surface area contributed by atoms with Gasteiger partial charge in [0.2, 0.25) is 5.91 Å². The van der Waals surface area contributed by atoms with E-state index in [-0.39, 0.29) is 5.91 Å². The molecule has 0 aromatic carbocycles. The molecule has 2 atom stereocenters. The molecule has 1 fully saturated rings. The van der Waals surface area contributed by atoms with Crippen LogP contribution in [0, 0.1) is 5.92 Å². The van der Waals surface area contributed by atoms with E-state index in [1.807, 2.05) is 10.3 Å². The van der Waals surface area contributed by atoms with Crippen molar-refractivity contribution < 1.29 is 4.79 Å². The summed E-state index contributed by atoms with van der Waals surface area (Å²) in [5.74, 6) is 1.35. The van der Waals surface area contributed by atoms with E-state index in [0.29, 0.717) is 18.3 Å². The van der Waals surface area contributed by atoms with E-state index in [1.165, 1.54) is 11.3 Å². The number of carbonyl (C=O) groups excluding carboxylic acids is 1. The number of carbonyl (C=O) groups is 1. The molecule has 1 aromatic heterocycles. The van der Waals surface area contributed by atoms with Crippen molar-refractivity contribution in [3.8, 4) is 0 Å². The van der Waals surface area contributed by atoms with Gasteiger partial charge >= 0.3 is 0 Å². The van der Waals surface area contributed by atoms with Crippen LogP contribution in [-0.2, 0) is 17.1 Å². The Morgan fingerprint density at radius 3 is 3.00 bits per heavy atom. The van der Waals surface area contributed by atoms with Crippen LogP contribution in [0.1, 0.15) is 37.4 Å². The Hall–Kier alpha value is -0.610. The van der Waals surface area contributed by atoms with Gasteiger partial charge in [0.05, 0.1) is 18.0 Å². The van der Waals surface area contributed by atoms with E-state index in [1.54, 1.807) is 0 Å². The maximum absolute atomic E-state index is 12.2. The van der Waals surface area contributed by atoms with E-state index < -0.39 is 0 Å². The van der Waals surface area contributed by atoms with Crippen LogP contribution in [0.2, 0.25) is 0 Å². The minimum atomic E-state index is 0.199. The Kier molecular flexibility index (Phi) is 4.62. The highest BCUT2D eigenvalue weighted by atomic mass is 35.5. The maximum atomic E-state index is 12.2. The molecule has 5 heteroatoms. The summed E-state index contributed by atoms with van der Waals surface area (Å²) in [6.07, 6.45) is 2.64. The number of hydrogen-bond donors (Lipinski definition) is 0. The summed E-state index contributed by atoms with van der Waals surface area (Å²) >= 11 is 7.24. The lowest BCUT2D eigenvalue weighted by Crippen LogP contribution is -2.44. The summed E-state index contributed by atoms with van der Waals surface area (Å²) in [6, 6.07) is 0.355. The van der Waals surface area contributed by atoms with Crippen LogP contribution in [0.5, 0.6) is 0 Å². The first kappa shape index (κ1) is 13.8. The number of thiazole rings is 1. The average Bonchev–Trinajstić information content (AvgIpc) is 2.76. The Bertz CT molecular complexity index is 421. The van der Waals surface area contributed by atoms with Gasteiger partial charge < -0.3 is 4.90 Å². The van der Waals surface area contributed by atoms with Gasteiger partial charge in [-0.3, -0.25) is 4.79 Å². The summed E-state index contributed by atoms with van der Waals surface area (Å²) in [7, 11) is 0. The summed E-state index contributed by atoms with van der Waals surface area (Å²) in [5, 5.41) is 2.80. The fourth-order valence-electron chi connectivity index (χ4n) is 2.50. The molecule has 0 saturated carbocycles. The summed E-state index contributed by atoms with van der Waals surface area (Å²) in [5.41, 5.74) is 0.866. The molecule has 0 radical (unpaired) electrons. The van der Waals surface area contributed by atoms with Gasteiger partial charge in [-0.1, -0.05) is 6.92 Å². The summed E-state index contributed by atoms with van der Waals surface area (Å²) in [6.45, 7) is 5.28. The van der Waals surface area contributed by atoms with Crippen molar-refractivity contribution in [3.05, 3.63) is 16.1 Å². The predicted octanol–water partition coefficient (Wildman–Crippen LogP) is 3.07. The topological polar surface area (TPSA) is 33.2 Å². The second kappa shape index (κ2) is 6.02. The third kappa shape index (κ3) is 3.23. The van der Waals surface area contributed by atoms with Crippen molar-refractivity contribution in [2.45, 2.75) is 45.0 Å². The molecule has 0 N–H and O–H groups in total. The van der Waals surface area contributed by atoms with Crippen molar-refractivity contribution in [2.24, 2.45) is 5.92 Å². The van der Waals surface area contributed by atoms with Gasteiger partial charge in [0, 0.05) is 18.0 Å². The third-order valence-electron chi connectivity index (χ3n) is 3.50. The molecule has 0 aliphatic carbocycles. The number of likely N-dealkylation sites (tertiary alicyclic amines) is 1. The molecular formula is C13H19ClN2OS. The average molecular weight is 287 g/mol. The van der Waals surface area contributed by atoms with Crippen molar-refractivity contribution in [1.82, 2.24) is 9.88 Å². The lowest BCUT2D eigenvalue weighted by atomic mass is 9.93. The first-order valence-electron chi connectivity index (χ1n) is 6.39. The minimum Gasteiger partial charge on any atom is -0.340 e. The Labute approximate surface area is 117 Å². The first-order valence-corrected chi connectivity index (χ1v) is 7.80. The number of alkyl halides is 1. The smallest absolute Gasteiger partial charge is 0.229 e. The van der Waals surface area contributed by atoms with Gasteiger partial charge in [-0.2, -0.15) is 0 Å². The lowest BCUT2D eigenvalue weighted by molar-refractivity contribution is -0.134. The second-order valence-electron chi connectivity index (χ2n) is 5.11. The highest BCUT2D eigenvalue weighted by molar-refractivity contribution is 7.09. The third-order valence-corrected chi connectivity index (χ3v) is 4.67. The fraction of sp³-hybridized carbons (Fsp3) is 0.692. The number of halogens is 1. The molecule has 0 bridgehead atoms. The summed E-state index contributed by atoms with van der Waals surface area (Å²) < 4.78 is 0. The Morgan fingerprint density at radius 1 is 1.61 bits per heavy atom. The molecule has 100 valence electrons. The molecule has 1 amide bonds. The zero-order valence-electron chi connectivity index (χ0n) is 10.9. The van der Waals surface area contributed by atoms with Crippen LogP contribution in [0.3, 0.4) is 0 Å². The van der Waals surface area contributed by atoms with Crippen molar-refractivity contribution >= 4 is 28.8 Å².